The minimum absolute atomic E-state index is 0.0734. The Morgan fingerprint density at radius 1 is 1.23 bits per heavy atom. The van der Waals surface area contributed by atoms with E-state index in [0.717, 1.165) is 0 Å². The molecule has 3 atom stereocenters. The summed E-state index contributed by atoms with van der Waals surface area (Å²) in [5.74, 6) is 0.196. The molecule has 0 saturated heterocycles. The summed E-state index contributed by atoms with van der Waals surface area (Å²) < 4.78 is 11.2. The number of aliphatic hydroxyl groups excluding tert-OH is 2. The van der Waals surface area contributed by atoms with E-state index < -0.39 is 18.3 Å². The standard InChI is InChI=1S/C19H29NO6/c1-11(21)26-12(9-20-19(2,3)4)10-25-18-6-5-15(22)13-7-16(23)17(24)8-14(13)18/h5-6,12,16-17,20,22-24H,7-10H2,1-4H3/t12?,16-,17-/m1/s1. The van der Waals surface area contributed by atoms with Crippen LogP contribution in [0.3, 0.4) is 0 Å². The Morgan fingerprint density at radius 3 is 2.42 bits per heavy atom. The number of hydrogen-bond acceptors (Lipinski definition) is 7. The molecule has 0 bridgehead atoms. The molecule has 7 heteroatoms. The molecule has 0 heterocycles. The Bertz CT molecular complexity index is 640. The van der Waals surface area contributed by atoms with E-state index in [9.17, 15) is 20.1 Å². The zero-order valence-corrected chi connectivity index (χ0v) is 15.8. The van der Waals surface area contributed by atoms with Gasteiger partial charge in [0.1, 0.15) is 24.2 Å². The molecule has 1 aromatic rings. The number of benzene rings is 1. The van der Waals surface area contributed by atoms with Crippen molar-refractivity contribution in [1.29, 1.82) is 0 Å². The molecule has 4 N–H and O–H groups in total. The average Bonchev–Trinajstić information content (AvgIpc) is 2.52. The van der Waals surface area contributed by atoms with Gasteiger partial charge in [-0.25, -0.2) is 0 Å². The molecular formula is C19H29NO6. The van der Waals surface area contributed by atoms with E-state index in [1.54, 1.807) is 6.07 Å². The Labute approximate surface area is 153 Å². The van der Waals surface area contributed by atoms with Crippen LogP contribution in [-0.4, -0.2) is 58.3 Å². The van der Waals surface area contributed by atoms with Crippen LogP contribution in [0.1, 0.15) is 38.8 Å². The van der Waals surface area contributed by atoms with Crippen molar-refractivity contribution in [1.82, 2.24) is 5.32 Å². The first-order chi connectivity index (χ1) is 12.1. The molecule has 146 valence electrons. The van der Waals surface area contributed by atoms with E-state index in [-0.39, 0.29) is 36.7 Å². The fourth-order valence-electron chi connectivity index (χ4n) is 2.91. The fraction of sp³-hybridized carbons (Fsp3) is 0.632. The van der Waals surface area contributed by atoms with Crippen LogP contribution in [0.15, 0.2) is 12.1 Å². The van der Waals surface area contributed by atoms with Crippen LogP contribution < -0.4 is 10.1 Å². The maximum absolute atomic E-state index is 11.3. The van der Waals surface area contributed by atoms with Gasteiger partial charge >= 0.3 is 5.97 Å². The number of phenolic OH excluding ortho intramolecular Hbond substituents is 1. The summed E-state index contributed by atoms with van der Waals surface area (Å²) in [6, 6.07) is 3.13. The van der Waals surface area contributed by atoms with Gasteiger partial charge in [0.2, 0.25) is 0 Å². The van der Waals surface area contributed by atoms with Crippen molar-refractivity contribution in [2.24, 2.45) is 0 Å². The molecule has 7 nitrogen and oxygen atoms in total. The number of esters is 1. The number of nitrogens with one attached hydrogen (secondary N) is 1. The van der Waals surface area contributed by atoms with Crippen LogP contribution in [0, 0.1) is 0 Å². The molecule has 0 amide bonds. The van der Waals surface area contributed by atoms with Crippen LogP contribution in [0.2, 0.25) is 0 Å². The lowest BCUT2D eigenvalue weighted by Gasteiger charge is -2.29. The molecule has 0 saturated carbocycles. The van der Waals surface area contributed by atoms with Crippen LogP contribution in [0.5, 0.6) is 11.5 Å². The van der Waals surface area contributed by atoms with E-state index in [1.807, 2.05) is 20.8 Å². The quantitative estimate of drug-likeness (QED) is 0.554. The highest BCUT2D eigenvalue weighted by Crippen LogP contribution is 2.35. The van der Waals surface area contributed by atoms with Gasteiger partial charge in [-0.2, -0.15) is 0 Å². The zero-order chi connectivity index (χ0) is 19.5. The van der Waals surface area contributed by atoms with Gasteiger partial charge in [0.05, 0.1) is 12.2 Å². The van der Waals surface area contributed by atoms with Crippen molar-refractivity contribution in [3.8, 4) is 11.5 Å². The van der Waals surface area contributed by atoms with Crippen LogP contribution >= 0.6 is 0 Å². The Kier molecular flexibility index (Phi) is 6.49. The maximum atomic E-state index is 11.3. The highest BCUT2D eigenvalue weighted by Gasteiger charge is 2.30. The largest absolute Gasteiger partial charge is 0.508 e. The van der Waals surface area contributed by atoms with Gasteiger partial charge < -0.3 is 30.1 Å². The lowest BCUT2D eigenvalue weighted by molar-refractivity contribution is -0.147. The van der Waals surface area contributed by atoms with Crippen molar-refractivity contribution in [3.63, 3.8) is 0 Å². The summed E-state index contributed by atoms with van der Waals surface area (Å²) in [6.45, 7) is 7.97. The SMILES string of the molecule is CC(=O)OC(CNC(C)(C)C)COc1ccc(O)c2c1C[C@@H](O)[C@H](O)C2. The first kappa shape index (κ1) is 20.5. The molecule has 0 aromatic heterocycles. The summed E-state index contributed by atoms with van der Waals surface area (Å²) in [7, 11) is 0. The molecule has 1 aliphatic carbocycles. The van der Waals surface area contributed by atoms with Crippen molar-refractivity contribution in [2.75, 3.05) is 13.2 Å². The van der Waals surface area contributed by atoms with Gasteiger partial charge in [-0.3, -0.25) is 4.79 Å². The number of aliphatic hydroxyl groups is 2. The normalized spacial score (nSPS) is 21.0. The molecule has 26 heavy (non-hydrogen) atoms. The van der Waals surface area contributed by atoms with Crippen molar-refractivity contribution < 1.29 is 29.6 Å². The third kappa shape index (κ3) is 5.59. The summed E-state index contributed by atoms with van der Waals surface area (Å²) in [5, 5.41) is 33.1. The van der Waals surface area contributed by atoms with Crippen LogP contribution in [0.25, 0.3) is 0 Å². The first-order valence-corrected chi connectivity index (χ1v) is 8.81. The van der Waals surface area contributed by atoms with E-state index in [1.165, 1.54) is 13.0 Å². The third-order valence-electron chi connectivity index (χ3n) is 4.25. The van der Waals surface area contributed by atoms with Gasteiger partial charge in [-0.05, 0) is 32.9 Å². The van der Waals surface area contributed by atoms with Crippen molar-refractivity contribution in [2.45, 2.75) is 64.4 Å². The predicted molar refractivity (Wildman–Crippen MR) is 96.3 cm³/mol. The molecule has 0 radical (unpaired) electrons. The number of carbonyl (C=O) groups excluding carboxylic acids is 1. The first-order valence-electron chi connectivity index (χ1n) is 8.81. The Morgan fingerprint density at radius 2 is 1.85 bits per heavy atom. The molecule has 1 aliphatic rings. The monoisotopic (exact) mass is 367 g/mol. The third-order valence-corrected chi connectivity index (χ3v) is 4.25. The van der Waals surface area contributed by atoms with E-state index >= 15 is 0 Å². The van der Waals surface area contributed by atoms with E-state index in [4.69, 9.17) is 9.47 Å². The zero-order valence-electron chi connectivity index (χ0n) is 15.8. The van der Waals surface area contributed by atoms with Gasteiger partial charge in [-0.1, -0.05) is 0 Å². The second-order valence-corrected chi connectivity index (χ2v) is 7.76. The minimum atomic E-state index is -0.909. The molecule has 0 aliphatic heterocycles. The van der Waals surface area contributed by atoms with Crippen molar-refractivity contribution >= 4 is 5.97 Å². The molecule has 2 rings (SSSR count). The number of rotatable bonds is 6. The smallest absolute Gasteiger partial charge is 0.303 e. The summed E-state index contributed by atoms with van der Waals surface area (Å²) in [6.07, 6.45) is -1.93. The molecule has 1 aromatic carbocycles. The lowest BCUT2D eigenvalue weighted by Crippen LogP contribution is -2.44. The van der Waals surface area contributed by atoms with Gasteiger partial charge in [0.15, 0.2) is 0 Å². The second-order valence-electron chi connectivity index (χ2n) is 7.76. The van der Waals surface area contributed by atoms with Gasteiger partial charge in [0, 0.05) is 43.0 Å². The Balaban J connectivity index is 2.11. The number of ether oxygens (including phenoxy) is 2. The highest BCUT2D eigenvalue weighted by atomic mass is 16.6. The van der Waals surface area contributed by atoms with Crippen LogP contribution in [-0.2, 0) is 22.4 Å². The van der Waals surface area contributed by atoms with Gasteiger partial charge in [-0.15, -0.1) is 0 Å². The molecule has 1 unspecified atom stereocenters. The molecule has 0 spiro atoms. The fourth-order valence-corrected chi connectivity index (χ4v) is 2.91. The minimum Gasteiger partial charge on any atom is -0.508 e. The predicted octanol–water partition coefficient (Wildman–Crippen LogP) is 0.911. The number of carbonyl (C=O) groups is 1. The topological polar surface area (TPSA) is 108 Å². The number of hydrogen-bond donors (Lipinski definition) is 4. The van der Waals surface area contributed by atoms with E-state index in [2.05, 4.69) is 5.32 Å². The highest BCUT2D eigenvalue weighted by molar-refractivity contribution is 5.66. The molecular weight excluding hydrogens is 338 g/mol. The summed E-state index contributed by atoms with van der Waals surface area (Å²) >= 11 is 0. The van der Waals surface area contributed by atoms with E-state index in [0.29, 0.717) is 23.4 Å². The molecule has 0 fully saturated rings. The average molecular weight is 367 g/mol. The number of phenols is 1. The summed E-state index contributed by atoms with van der Waals surface area (Å²) in [5.41, 5.74) is 1.13. The van der Waals surface area contributed by atoms with Crippen LogP contribution in [0.4, 0.5) is 0 Å². The maximum Gasteiger partial charge on any atom is 0.303 e. The Hall–Kier alpha value is -1.83. The van der Waals surface area contributed by atoms with Gasteiger partial charge in [0.25, 0.3) is 0 Å². The second kappa shape index (κ2) is 8.24. The van der Waals surface area contributed by atoms with Crippen molar-refractivity contribution in [3.05, 3.63) is 23.3 Å². The lowest BCUT2D eigenvalue weighted by atomic mass is 9.86. The number of fused-ring (bicyclic) bond motifs is 1. The summed E-state index contributed by atoms with van der Waals surface area (Å²) in [4.78, 5) is 11.3. The number of aromatic hydroxyl groups is 1.